The fourth-order valence-corrected chi connectivity index (χ4v) is 3.46. The fourth-order valence-electron chi connectivity index (χ4n) is 3.46. The van der Waals surface area contributed by atoms with E-state index in [-0.39, 0.29) is 39.4 Å². The second kappa shape index (κ2) is 12.3. The Bertz CT molecular complexity index is 818. The summed E-state index contributed by atoms with van der Waals surface area (Å²) in [6.07, 6.45) is -4.52. The summed E-state index contributed by atoms with van der Waals surface area (Å²) in [7, 11) is 0. The van der Waals surface area contributed by atoms with Gasteiger partial charge in [-0.2, -0.15) is 0 Å². The number of β-amino-alcohol motifs (C(OH)–C–C–N with tert-alkyl or cyclic N) is 4. The van der Waals surface area contributed by atoms with Crippen LogP contribution in [0.2, 0.25) is 0 Å². The van der Waals surface area contributed by atoms with Crippen LogP contribution < -0.4 is 0 Å². The molecule has 0 saturated carbocycles. The van der Waals surface area contributed by atoms with Gasteiger partial charge in [0, 0.05) is 0 Å². The van der Waals surface area contributed by atoms with Crippen LogP contribution in [-0.4, -0.2) is 93.0 Å². The lowest BCUT2D eigenvalue weighted by atomic mass is 10.2. The van der Waals surface area contributed by atoms with Crippen molar-refractivity contribution in [2.75, 3.05) is 26.2 Å². The number of nitrogens with zero attached hydrogens (tertiary/aromatic N) is 2. The number of carbonyl (C=O) groups excluding carboxylic acids is 2. The van der Waals surface area contributed by atoms with Crippen molar-refractivity contribution in [2.45, 2.75) is 37.6 Å². The molecule has 4 N–H and O–H groups in total. The molecule has 0 aliphatic carbocycles. The Balaban J connectivity index is 0.000000191. The monoisotopic (exact) mass is 474 g/mol. The van der Waals surface area contributed by atoms with E-state index in [2.05, 4.69) is 0 Å². The topological polar surface area (TPSA) is 140 Å². The zero-order valence-electron chi connectivity index (χ0n) is 18.6. The van der Waals surface area contributed by atoms with E-state index in [0.29, 0.717) is 0 Å². The maximum atomic E-state index is 11.6. The summed E-state index contributed by atoms with van der Waals surface area (Å²) in [6.45, 7) is 0.873. The normalized spacial score (nSPS) is 23.8. The van der Waals surface area contributed by atoms with Gasteiger partial charge >= 0.3 is 12.2 Å². The highest BCUT2D eigenvalue weighted by Gasteiger charge is 2.34. The summed E-state index contributed by atoms with van der Waals surface area (Å²) in [5, 5.41) is 37.2. The molecule has 34 heavy (non-hydrogen) atoms. The van der Waals surface area contributed by atoms with E-state index in [9.17, 15) is 30.0 Å². The van der Waals surface area contributed by atoms with Gasteiger partial charge in [0.1, 0.15) is 13.2 Å². The fraction of sp³-hybridized carbons (Fsp3) is 0.417. The standard InChI is InChI=1S/2C12H15NO4/c2*14-10-6-13(7-11(10)15)12(16)17-8-9-4-2-1-3-5-9/h2*1-5,10-11,14-15H,6-8H2/t2*10-,11-/m10/s1. The van der Waals surface area contributed by atoms with Gasteiger partial charge in [0.05, 0.1) is 50.6 Å². The second-order valence-electron chi connectivity index (χ2n) is 8.16. The lowest BCUT2D eigenvalue weighted by molar-refractivity contribution is 0.0572. The molecular formula is C24H30N2O8. The summed E-state index contributed by atoms with van der Waals surface area (Å²) in [4.78, 5) is 25.8. The van der Waals surface area contributed by atoms with Crippen LogP contribution in [0.4, 0.5) is 9.59 Å². The van der Waals surface area contributed by atoms with E-state index in [4.69, 9.17) is 9.47 Å². The number of carbonyl (C=O) groups is 2. The van der Waals surface area contributed by atoms with Crippen LogP contribution in [0.3, 0.4) is 0 Å². The highest BCUT2D eigenvalue weighted by Crippen LogP contribution is 2.13. The molecular weight excluding hydrogens is 444 g/mol. The number of aliphatic hydroxyl groups excluding tert-OH is 4. The number of benzene rings is 2. The number of hydrogen-bond donors (Lipinski definition) is 4. The van der Waals surface area contributed by atoms with Crippen molar-refractivity contribution in [2.24, 2.45) is 0 Å². The first-order valence-electron chi connectivity index (χ1n) is 11.0. The summed E-state index contributed by atoms with van der Waals surface area (Å²) in [5.41, 5.74) is 1.81. The molecule has 2 amide bonds. The summed E-state index contributed by atoms with van der Waals surface area (Å²) >= 11 is 0. The largest absolute Gasteiger partial charge is 0.445 e. The molecule has 10 heteroatoms. The van der Waals surface area contributed by atoms with Crippen molar-refractivity contribution >= 4 is 12.2 Å². The van der Waals surface area contributed by atoms with Gasteiger partial charge < -0.3 is 39.7 Å². The Morgan fingerprint density at radius 1 is 0.618 bits per heavy atom. The molecule has 0 spiro atoms. The van der Waals surface area contributed by atoms with Gasteiger partial charge in [-0.15, -0.1) is 0 Å². The maximum Gasteiger partial charge on any atom is 0.410 e. The van der Waals surface area contributed by atoms with Gasteiger partial charge in [0.25, 0.3) is 0 Å². The number of aliphatic hydroxyl groups is 4. The minimum atomic E-state index is -0.876. The van der Waals surface area contributed by atoms with Crippen molar-refractivity contribution in [3.63, 3.8) is 0 Å². The third-order valence-electron chi connectivity index (χ3n) is 5.44. The molecule has 2 aliphatic rings. The predicted octanol–water partition coefficient (Wildman–Crippen LogP) is 0.721. The molecule has 184 valence electrons. The molecule has 2 saturated heterocycles. The Kier molecular flexibility index (Phi) is 9.23. The van der Waals surface area contributed by atoms with Gasteiger partial charge in [0.15, 0.2) is 0 Å². The van der Waals surface area contributed by atoms with E-state index in [1.54, 1.807) is 0 Å². The van der Waals surface area contributed by atoms with Crippen molar-refractivity contribution in [1.29, 1.82) is 0 Å². The molecule has 0 radical (unpaired) electrons. The Morgan fingerprint density at radius 3 is 1.21 bits per heavy atom. The van der Waals surface area contributed by atoms with Crippen LogP contribution >= 0.6 is 0 Å². The smallest absolute Gasteiger partial charge is 0.410 e. The number of amides is 2. The molecule has 0 aromatic heterocycles. The van der Waals surface area contributed by atoms with Gasteiger partial charge in [-0.25, -0.2) is 9.59 Å². The van der Waals surface area contributed by atoms with Gasteiger partial charge in [-0.1, -0.05) is 60.7 Å². The lowest BCUT2D eigenvalue weighted by Gasteiger charge is -2.15. The minimum absolute atomic E-state index is 0.120. The number of rotatable bonds is 4. The molecule has 4 atom stereocenters. The van der Waals surface area contributed by atoms with Gasteiger partial charge in [-0.3, -0.25) is 0 Å². The van der Waals surface area contributed by atoms with Crippen LogP contribution in [-0.2, 0) is 22.7 Å². The Hall–Kier alpha value is -3.18. The number of likely N-dealkylation sites (tertiary alicyclic amines) is 2. The van der Waals surface area contributed by atoms with Crippen LogP contribution in [0.15, 0.2) is 60.7 Å². The van der Waals surface area contributed by atoms with Crippen LogP contribution in [0.25, 0.3) is 0 Å². The highest BCUT2D eigenvalue weighted by molar-refractivity contribution is 5.68. The maximum absolute atomic E-state index is 11.6. The molecule has 4 rings (SSSR count). The molecule has 2 aromatic carbocycles. The van der Waals surface area contributed by atoms with E-state index in [1.165, 1.54) is 9.80 Å². The zero-order chi connectivity index (χ0) is 24.5. The zero-order valence-corrected chi connectivity index (χ0v) is 18.6. The van der Waals surface area contributed by atoms with Gasteiger partial charge in [-0.05, 0) is 11.1 Å². The first-order chi connectivity index (χ1) is 16.3. The highest BCUT2D eigenvalue weighted by atomic mass is 16.6. The lowest BCUT2D eigenvalue weighted by Crippen LogP contribution is -2.30. The summed E-state index contributed by atoms with van der Waals surface area (Å²) in [6, 6.07) is 18.7. The average Bonchev–Trinajstić information content (AvgIpc) is 3.38. The molecule has 10 nitrogen and oxygen atoms in total. The Morgan fingerprint density at radius 2 is 0.912 bits per heavy atom. The predicted molar refractivity (Wildman–Crippen MR) is 120 cm³/mol. The molecule has 2 heterocycles. The van der Waals surface area contributed by atoms with Crippen LogP contribution in [0.5, 0.6) is 0 Å². The number of hydrogen-bond acceptors (Lipinski definition) is 8. The van der Waals surface area contributed by atoms with E-state index >= 15 is 0 Å². The van der Waals surface area contributed by atoms with Crippen molar-refractivity contribution in [3.05, 3.63) is 71.8 Å². The first kappa shape index (κ1) is 25.4. The average molecular weight is 475 g/mol. The Labute approximate surface area is 197 Å². The molecule has 0 unspecified atom stereocenters. The number of ether oxygens (including phenoxy) is 2. The third-order valence-corrected chi connectivity index (χ3v) is 5.44. The molecule has 2 aromatic rings. The molecule has 2 aliphatic heterocycles. The summed E-state index contributed by atoms with van der Waals surface area (Å²) in [5.74, 6) is 0. The van der Waals surface area contributed by atoms with Crippen molar-refractivity contribution in [3.8, 4) is 0 Å². The molecule has 2 fully saturated rings. The molecule has 0 bridgehead atoms. The second-order valence-corrected chi connectivity index (χ2v) is 8.16. The first-order valence-corrected chi connectivity index (χ1v) is 11.0. The van der Waals surface area contributed by atoms with E-state index in [1.807, 2.05) is 60.7 Å². The minimum Gasteiger partial charge on any atom is -0.445 e. The SMILES string of the molecule is O=C(OCc1ccccc1)N1C[C@@H](O)[C@H](O)C1.O=C(OCc1ccccc1)N1C[C@H](O)[C@@H](O)C1. The quantitative estimate of drug-likeness (QED) is 0.508. The van der Waals surface area contributed by atoms with Crippen LogP contribution in [0.1, 0.15) is 11.1 Å². The van der Waals surface area contributed by atoms with E-state index in [0.717, 1.165) is 11.1 Å². The van der Waals surface area contributed by atoms with Crippen molar-refractivity contribution in [1.82, 2.24) is 9.80 Å². The van der Waals surface area contributed by atoms with Gasteiger partial charge in [0.2, 0.25) is 0 Å². The summed E-state index contributed by atoms with van der Waals surface area (Å²) < 4.78 is 10.1. The third kappa shape index (κ3) is 7.42. The van der Waals surface area contributed by atoms with Crippen LogP contribution in [0, 0.1) is 0 Å². The van der Waals surface area contributed by atoms with Crippen molar-refractivity contribution < 1.29 is 39.5 Å². The van der Waals surface area contributed by atoms with E-state index < -0.39 is 36.6 Å².